The summed E-state index contributed by atoms with van der Waals surface area (Å²) in [6.07, 6.45) is -0.647. The van der Waals surface area contributed by atoms with Crippen LogP contribution in [0.4, 0.5) is 0 Å². The number of fused-ring (bicyclic) bond motifs is 1. The number of esters is 1. The van der Waals surface area contributed by atoms with E-state index >= 15 is 0 Å². The van der Waals surface area contributed by atoms with Crippen LogP contribution in [0.25, 0.3) is 21.7 Å². The first kappa shape index (κ1) is 16.4. The minimum Gasteiger partial charge on any atom is -0.449 e. The van der Waals surface area contributed by atoms with Gasteiger partial charge < -0.3 is 9.15 Å². The number of thiazole rings is 1. The number of hydrogen-bond donors (Lipinski definition) is 0. The molecule has 0 bridgehead atoms. The van der Waals surface area contributed by atoms with Crippen molar-refractivity contribution in [3.8, 4) is 11.5 Å². The van der Waals surface area contributed by atoms with Crippen LogP contribution < -0.4 is 0 Å². The van der Waals surface area contributed by atoms with E-state index in [1.807, 2.05) is 31.2 Å². The topological polar surface area (TPSA) is 78.1 Å². The molecule has 0 radical (unpaired) electrons. The molecular formula is C19H15N3O3S. The van der Waals surface area contributed by atoms with Crippen molar-refractivity contribution in [3.63, 3.8) is 0 Å². The largest absolute Gasteiger partial charge is 0.449 e. The van der Waals surface area contributed by atoms with E-state index in [-0.39, 0.29) is 5.89 Å². The quantitative estimate of drug-likeness (QED) is 0.493. The van der Waals surface area contributed by atoms with Crippen molar-refractivity contribution in [2.75, 3.05) is 0 Å². The second-order valence-corrected chi connectivity index (χ2v) is 6.78. The van der Waals surface area contributed by atoms with Gasteiger partial charge in [0.25, 0.3) is 5.89 Å². The predicted molar refractivity (Wildman–Crippen MR) is 97.9 cm³/mol. The molecule has 2 heterocycles. The smallest absolute Gasteiger partial charge is 0.338 e. The SMILES string of the molecule is Cc1cccc(-c2nnc(C(C)OC(=O)c3ccc4ncsc4c3)o2)c1. The molecule has 4 rings (SSSR count). The average molecular weight is 365 g/mol. The van der Waals surface area contributed by atoms with Gasteiger partial charge in [-0.15, -0.1) is 21.5 Å². The predicted octanol–water partition coefficient (Wildman–Crippen LogP) is 4.57. The first-order chi connectivity index (χ1) is 12.6. The molecule has 4 aromatic rings. The van der Waals surface area contributed by atoms with Gasteiger partial charge in [-0.2, -0.15) is 0 Å². The van der Waals surface area contributed by atoms with Crippen LogP contribution >= 0.6 is 11.3 Å². The second kappa shape index (κ2) is 6.68. The van der Waals surface area contributed by atoms with Crippen LogP contribution in [0.15, 0.2) is 52.4 Å². The molecule has 0 saturated heterocycles. The summed E-state index contributed by atoms with van der Waals surface area (Å²) in [5, 5.41) is 8.06. The van der Waals surface area contributed by atoms with E-state index in [0.717, 1.165) is 21.3 Å². The fourth-order valence-corrected chi connectivity index (χ4v) is 3.27. The molecular weight excluding hydrogens is 350 g/mol. The molecule has 0 amide bonds. The fourth-order valence-electron chi connectivity index (χ4n) is 2.55. The molecule has 0 aliphatic heterocycles. The number of carbonyl (C=O) groups is 1. The molecule has 6 nitrogen and oxygen atoms in total. The monoisotopic (exact) mass is 365 g/mol. The highest BCUT2D eigenvalue weighted by Crippen LogP contribution is 2.25. The van der Waals surface area contributed by atoms with Gasteiger partial charge in [-0.3, -0.25) is 0 Å². The Bertz CT molecular complexity index is 1090. The summed E-state index contributed by atoms with van der Waals surface area (Å²) in [4.78, 5) is 16.6. The van der Waals surface area contributed by atoms with E-state index in [0.29, 0.717) is 11.5 Å². The van der Waals surface area contributed by atoms with E-state index in [4.69, 9.17) is 9.15 Å². The molecule has 7 heteroatoms. The Hall–Kier alpha value is -3.06. The van der Waals surface area contributed by atoms with Gasteiger partial charge in [-0.05, 0) is 44.2 Å². The van der Waals surface area contributed by atoms with E-state index in [1.54, 1.807) is 30.6 Å². The second-order valence-electron chi connectivity index (χ2n) is 5.90. The van der Waals surface area contributed by atoms with Gasteiger partial charge in [0.15, 0.2) is 6.10 Å². The van der Waals surface area contributed by atoms with Crippen molar-refractivity contribution < 1.29 is 13.9 Å². The fraction of sp³-hybridized carbons (Fsp3) is 0.158. The molecule has 1 unspecified atom stereocenters. The normalized spacial score (nSPS) is 12.2. The van der Waals surface area contributed by atoms with Gasteiger partial charge in [-0.1, -0.05) is 17.7 Å². The third-order valence-corrected chi connectivity index (χ3v) is 4.70. The summed E-state index contributed by atoms with van der Waals surface area (Å²) >= 11 is 1.48. The molecule has 0 aliphatic rings. The lowest BCUT2D eigenvalue weighted by atomic mass is 10.1. The van der Waals surface area contributed by atoms with Gasteiger partial charge in [0.05, 0.1) is 21.3 Å². The Morgan fingerprint density at radius 1 is 1.19 bits per heavy atom. The Morgan fingerprint density at radius 2 is 2.08 bits per heavy atom. The maximum Gasteiger partial charge on any atom is 0.338 e. The van der Waals surface area contributed by atoms with Crippen LogP contribution in [0.1, 0.15) is 34.8 Å². The van der Waals surface area contributed by atoms with Crippen molar-refractivity contribution >= 4 is 27.5 Å². The van der Waals surface area contributed by atoms with Crippen LogP contribution in [0, 0.1) is 6.92 Å². The lowest BCUT2D eigenvalue weighted by molar-refractivity contribution is 0.0280. The van der Waals surface area contributed by atoms with E-state index in [1.165, 1.54) is 11.3 Å². The van der Waals surface area contributed by atoms with Gasteiger partial charge in [-0.25, -0.2) is 9.78 Å². The summed E-state index contributed by atoms with van der Waals surface area (Å²) in [5.41, 5.74) is 5.00. The van der Waals surface area contributed by atoms with Crippen molar-refractivity contribution in [3.05, 3.63) is 65.0 Å². The van der Waals surface area contributed by atoms with Crippen molar-refractivity contribution in [1.29, 1.82) is 0 Å². The highest BCUT2D eigenvalue weighted by molar-refractivity contribution is 7.16. The standard InChI is InChI=1S/C19H15N3O3S/c1-11-4-3-5-13(8-11)18-22-21-17(25-18)12(2)24-19(23)14-6-7-15-16(9-14)26-10-20-15/h3-10,12H,1-2H3. The Balaban J connectivity index is 1.51. The van der Waals surface area contributed by atoms with Crippen molar-refractivity contribution in [1.82, 2.24) is 15.2 Å². The Labute approximate surface area is 153 Å². The first-order valence-corrected chi connectivity index (χ1v) is 8.93. The highest BCUT2D eigenvalue weighted by Gasteiger charge is 2.20. The molecule has 1 atom stereocenters. The van der Waals surface area contributed by atoms with E-state index in [9.17, 15) is 4.79 Å². The number of rotatable bonds is 4. The molecule has 0 spiro atoms. The van der Waals surface area contributed by atoms with E-state index < -0.39 is 12.1 Å². The van der Waals surface area contributed by atoms with Crippen LogP contribution in [0.5, 0.6) is 0 Å². The Kier molecular flexibility index (Phi) is 4.22. The summed E-state index contributed by atoms with van der Waals surface area (Å²) < 4.78 is 12.1. The molecule has 2 aromatic heterocycles. The molecule has 0 fully saturated rings. The number of aromatic nitrogens is 3. The van der Waals surface area contributed by atoms with Crippen LogP contribution in [0.2, 0.25) is 0 Å². The highest BCUT2D eigenvalue weighted by atomic mass is 32.1. The summed E-state index contributed by atoms with van der Waals surface area (Å²) in [7, 11) is 0. The minimum absolute atomic E-state index is 0.258. The molecule has 26 heavy (non-hydrogen) atoms. The average Bonchev–Trinajstić information content (AvgIpc) is 3.30. The van der Waals surface area contributed by atoms with E-state index in [2.05, 4.69) is 15.2 Å². The van der Waals surface area contributed by atoms with Crippen LogP contribution in [0.3, 0.4) is 0 Å². The number of nitrogens with zero attached hydrogens (tertiary/aromatic N) is 3. The number of aryl methyl sites for hydroxylation is 1. The maximum atomic E-state index is 12.4. The summed E-state index contributed by atoms with van der Waals surface area (Å²) in [6.45, 7) is 3.70. The molecule has 0 N–H and O–H groups in total. The zero-order valence-corrected chi connectivity index (χ0v) is 15.0. The third-order valence-electron chi connectivity index (χ3n) is 3.90. The minimum atomic E-state index is -0.647. The Morgan fingerprint density at radius 3 is 2.92 bits per heavy atom. The molecule has 2 aromatic carbocycles. The lowest BCUT2D eigenvalue weighted by Gasteiger charge is -2.09. The number of hydrogen-bond acceptors (Lipinski definition) is 7. The van der Waals surface area contributed by atoms with Crippen LogP contribution in [-0.4, -0.2) is 21.2 Å². The molecule has 0 aliphatic carbocycles. The van der Waals surface area contributed by atoms with Gasteiger partial charge in [0.2, 0.25) is 5.89 Å². The molecule has 0 saturated carbocycles. The molecule has 130 valence electrons. The summed E-state index contributed by atoms with van der Waals surface area (Å²) in [5.74, 6) is 0.217. The lowest BCUT2D eigenvalue weighted by Crippen LogP contribution is -2.09. The maximum absolute atomic E-state index is 12.4. The number of benzene rings is 2. The van der Waals surface area contributed by atoms with Crippen molar-refractivity contribution in [2.24, 2.45) is 0 Å². The van der Waals surface area contributed by atoms with Crippen molar-refractivity contribution in [2.45, 2.75) is 20.0 Å². The first-order valence-electron chi connectivity index (χ1n) is 8.05. The zero-order chi connectivity index (χ0) is 18.1. The van der Waals surface area contributed by atoms with Gasteiger partial charge >= 0.3 is 5.97 Å². The van der Waals surface area contributed by atoms with Gasteiger partial charge in [0.1, 0.15) is 0 Å². The van der Waals surface area contributed by atoms with Crippen LogP contribution in [-0.2, 0) is 4.74 Å². The zero-order valence-electron chi connectivity index (χ0n) is 14.2. The summed E-state index contributed by atoms with van der Waals surface area (Å²) in [6, 6.07) is 13.0. The third kappa shape index (κ3) is 3.21. The number of carbonyl (C=O) groups excluding carboxylic acids is 1. The number of ether oxygens (including phenoxy) is 1. The van der Waals surface area contributed by atoms with Gasteiger partial charge in [0, 0.05) is 5.56 Å².